The van der Waals surface area contributed by atoms with Crippen molar-refractivity contribution in [1.82, 2.24) is 10.6 Å². The molecule has 1 aliphatic carbocycles. The fourth-order valence-electron chi connectivity index (χ4n) is 2.16. The molecule has 2 N–H and O–H groups in total. The Morgan fingerprint density at radius 1 is 0.947 bits per heavy atom. The smallest absolute Gasteiger partial charge is 0.407 e. The molecule has 0 spiro atoms. The van der Waals surface area contributed by atoms with Crippen molar-refractivity contribution in [3.8, 4) is 0 Å². The molecule has 5 heteroatoms. The minimum atomic E-state index is -0.343. The molecule has 0 aromatic rings. The molecule has 0 saturated heterocycles. The average molecular weight is 270 g/mol. The maximum Gasteiger partial charge on any atom is 0.407 e. The molecule has 1 fully saturated rings. The monoisotopic (exact) mass is 270 g/mol. The average Bonchev–Trinajstić information content (AvgIpc) is 2.30. The van der Waals surface area contributed by atoms with Gasteiger partial charge in [0, 0.05) is 18.0 Å². The number of carbonyl (C=O) groups excluding carboxylic acids is 2. The van der Waals surface area contributed by atoms with E-state index in [1.165, 1.54) is 0 Å². The summed E-state index contributed by atoms with van der Waals surface area (Å²) in [6, 6.07) is 0.410. The molecule has 110 valence electrons. The third-order valence-electron chi connectivity index (χ3n) is 3.26. The fourth-order valence-corrected chi connectivity index (χ4v) is 2.16. The number of carbonyl (C=O) groups is 2. The molecule has 0 aromatic heterocycles. The van der Waals surface area contributed by atoms with Crippen molar-refractivity contribution in [2.24, 2.45) is 5.92 Å². The Morgan fingerprint density at radius 3 is 1.84 bits per heavy atom. The second-order valence-electron chi connectivity index (χ2n) is 5.81. The van der Waals surface area contributed by atoms with Gasteiger partial charge in [-0.05, 0) is 39.5 Å². The van der Waals surface area contributed by atoms with Crippen LogP contribution in [0.3, 0.4) is 0 Å². The van der Waals surface area contributed by atoms with E-state index >= 15 is 0 Å². The molecular weight excluding hydrogens is 244 g/mol. The first-order valence-electron chi connectivity index (χ1n) is 7.16. The van der Waals surface area contributed by atoms with Crippen LogP contribution in [0.15, 0.2) is 0 Å². The van der Waals surface area contributed by atoms with Crippen molar-refractivity contribution in [3.05, 3.63) is 0 Å². The fraction of sp³-hybridized carbons (Fsp3) is 0.857. The first kappa shape index (κ1) is 15.8. The minimum absolute atomic E-state index is 0.0249. The van der Waals surface area contributed by atoms with E-state index in [1.54, 1.807) is 0 Å². The Labute approximate surface area is 115 Å². The Bertz CT molecular complexity index is 308. The van der Waals surface area contributed by atoms with Crippen LogP contribution in [0.1, 0.15) is 53.4 Å². The number of rotatable bonds is 4. The normalized spacial score (nSPS) is 23.3. The lowest BCUT2D eigenvalue weighted by molar-refractivity contribution is -0.124. The highest BCUT2D eigenvalue weighted by molar-refractivity contribution is 5.78. The summed E-state index contributed by atoms with van der Waals surface area (Å²) < 4.78 is 5.06. The van der Waals surface area contributed by atoms with E-state index in [1.807, 2.05) is 27.7 Å². The molecule has 0 atom stereocenters. The molecule has 0 aliphatic heterocycles. The van der Waals surface area contributed by atoms with E-state index < -0.39 is 0 Å². The van der Waals surface area contributed by atoms with Gasteiger partial charge in [-0.3, -0.25) is 4.79 Å². The number of nitrogens with one attached hydrogen (secondary N) is 2. The zero-order chi connectivity index (χ0) is 14.4. The quantitative estimate of drug-likeness (QED) is 0.823. The van der Waals surface area contributed by atoms with E-state index in [2.05, 4.69) is 10.6 Å². The molecule has 0 aromatic carbocycles. The van der Waals surface area contributed by atoms with Gasteiger partial charge in [0.15, 0.2) is 0 Å². The van der Waals surface area contributed by atoms with Crippen LogP contribution in [0.4, 0.5) is 4.79 Å². The summed E-state index contributed by atoms with van der Waals surface area (Å²) in [6.45, 7) is 7.45. The minimum Gasteiger partial charge on any atom is -0.447 e. The highest BCUT2D eigenvalue weighted by atomic mass is 16.6. The highest BCUT2D eigenvalue weighted by Crippen LogP contribution is 2.19. The van der Waals surface area contributed by atoms with Crippen LogP contribution in [0.25, 0.3) is 0 Å². The van der Waals surface area contributed by atoms with Gasteiger partial charge in [-0.1, -0.05) is 13.8 Å². The molecule has 0 radical (unpaired) electrons. The van der Waals surface area contributed by atoms with Gasteiger partial charge in [0.05, 0.1) is 6.10 Å². The number of alkyl carbamates (subject to hydrolysis) is 1. The van der Waals surface area contributed by atoms with Crippen LogP contribution in [0.5, 0.6) is 0 Å². The van der Waals surface area contributed by atoms with Gasteiger partial charge in [-0.25, -0.2) is 4.79 Å². The van der Waals surface area contributed by atoms with Gasteiger partial charge in [0.2, 0.25) is 5.91 Å². The molecule has 0 heterocycles. The molecule has 0 bridgehead atoms. The lowest BCUT2D eigenvalue weighted by atomic mass is 9.91. The van der Waals surface area contributed by atoms with Crippen molar-refractivity contribution in [2.75, 3.05) is 0 Å². The number of amides is 2. The van der Waals surface area contributed by atoms with Crippen molar-refractivity contribution in [3.63, 3.8) is 0 Å². The maximum absolute atomic E-state index is 11.6. The van der Waals surface area contributed by atoms with E-state index in [9.17, 15) is 9.59 Å². The number of hydrogen-bond donors (Lipinski definition) is 2. The van der Waals surface area contributed by atoms with Crippen molar-refractivity contribution in [1.29, 1.82) is 0 Å². The zero-order valence-electron chi connectivity index (χ0n) is 12.4. The Balaban J connectivity index is 2.25. The number of ether oxygens (including phenoxy) is 1. The van der Waals surface area contributed by atoms with E-state index in [0.717, 1.165) is 25.7 Å². The first-order valence-corrected chi connectivity index (χ1v) is 7.16. The van der Waals surface area contributed by atoms with Crippen LogP contribution < -0.4 is 10.6 Å². The molecule has 19 heavy (non-hydrogen) atoms. The molecular formula is C14H26N2O3. The second kappa shape index (κ2) is 7.36. The Hall–Kier alpha value is -1.26. The van der Waals surface area contributed by atoms with Gasteiger partial charge in [-0.2, -0.15) is 0 Å². The van der Waals surface area contributed by atoms with E-state index in [0.29, 0.717) is 0 Å². The third-order valence-corrected chi connectivity index (χ3v) is 3.26. The third kappa shape index (κ3) is 5.94. The molecule has 1 saturated carbocycles. The number of hydrogen-bond acceptors (Lipinski definition) is 3. The summed E-state index contributed by atoms with van der Waals surface area (Å²) in [4.78, 5) is 23.1. The molecule has 1 rings (SSSR count). The largest absolute Gasteiger partial charge is 0.447 e. The van der Waals surface area contributed by atoms with Crippen LogP contribution in [-0.2, 0) is 9.53 Å². The lowest BCUT2D eigenvalue weighted by Gasteiger charge is -2.30. The van der Waals surface area contributed by atoms with Gasteiger partial charge in [0.1, 0.15) is 0 Å². The van der Waals surface area contributed by atoms with Gasteiger partial charge in [0.25, 0.3) is 0 Å². The molecule has 2 amide bonds. The topological polar surface area (TPSA) is 67.4 Å². The summed E-state index contributed by atoms with van der Waals surface area (Å²) in [7, 11) is 0. The highest BCUT2D eigenvalue weighted by Gasteiger charge is 2.24. The van der Waals surface area contributed by atoms with Crippen LogP contribution in [0.2, 0.25) is 0 Å². The van der Waals surface area contributed by atoms with Crippen LogP contribution >= 0.6 is 0 Å². The SMILES string of the molecule is CC(C)OC(=O)N[C@H]1CC[C@@H](NC(=O)C(C)C)CC1. The van der Waals surface area contributed by atoms with Gasteiger partial charge in [-0.15, -0.1) is 0 Å². The second-order valence-corrected chi connectivity index (χ2v) is 5.81. The van der Waals surface area contributed by atoms with Crippen LogP contribution in [-0.4, -0.2) is 30.2 Å². The van der Waals surface area contributed by atoms with E-state index in [-0.39, 0.29) is 36.1 Å². The molecule has 1 aliphatic rings. The Morgan fingerprint density at radius 2 is 1.42 bits per heavy atom. The van der Waals surface area contributed by atoms with E-state index in [4.69, 9.17) is 4.74 Å². The Kier molecular flexibility index (Phi) is 6.12. The first-order chi connectivity index (χ1) is 8.88. The van der Waals surface area contributed by atoms with Gasteiger partial charge >= 0.3 is 6.09 Å². The lowest BCUT2D eigenvalue weighted by Crippen LogP contribution is -2.45. The maximum atomic E-state index is 11.6. The molecule has 0 unspecified atom stereocenters. The summed E-state index contributed by atoms with van der Waals surface area (Å²) in [5.74, 6) is 0.132. The summed E-state index contributed by atoms with van der Waals surface area (Å²) >= 11 is 0. The molecule has 5 nitrogen and oxygen atoms in total. The summed E-state index contributed by atoms with van der Waals surface area (Å²) in [6.07, 6.45) is 3.15. The van der Waals surface area contributed by atoms with Crippen molar-refractivity contribution < 1.29 is 14.3 Å². The van der Waals surface area contributed by atoms with Crippen molar-refractivity contribution in [2.45, 2.75) is 71.6 Å². The predicted octanol–water partition coefficient (Wildman–Crippen LogP) is 2.20. The van der Waals surface area contributed by atoms with Gasteiger partial charge < -0.3 is 15.4 Å². The van der Waals surface area contributed by atoms with Crippen molar-refractivity contribution >= 4 is 12.0 Å². The van der Waals surface area contributed by atoms with Crippen LogP contribution in [0, 0.1) is 5.92 Å². The summed E-state index contributed by atoms with van der Waals surface area (Å²) in [5.41, 5.74) is 0. The predicted molar refractivity (Wildman–Crippen MR) is 73.8 cm³/mol. The summed E-state index contributed by atoms with van der Waals surface area (Å²) in [5, 5.41) is 5.91. The zero-order valence-corrected chi connectivity index (χ0v) is 12.4. The standard InChI is InChI=1S/C14H26N2O3/c1-9(2)13(17)15-11-5-7-12(8-6-11)16-14(18)19-10(3)4/h9-12H,5-8H2,1-4H3,(H,15,17)(H,16,18)/t11-,12+.